The summed E-state index contributed by atoms with van der Waals surface area (Å²) in [5.41, 5.74) is 1.73. The van der Waals surface area contributed by atoms with Crippen molar-refractivity contribution in [3.8, 4) is 5.75 Å². The maximum Gasteiger partial charge on any atom is 0.188 e. The second-order valence-electron chi connectivity index (χ2n) is 3.19. The van der Waals surface area contributed by atoms with Gasteiger partial charge >= 0.3 is 0 Å². The summed E-state index contributed by atoms with van der Waals surface area (Å²) in [4.78, 5) is 11.6. The molecule has 0 amide bonds. The van der Waals surface area contributed by atoms with E-state index in [2.05, 4.69) is 13.5 Å². The maximum absolute atomic E-state index is 11.6. The van der Waals surface area contributed by atoms with E-state index in [9.17, 15) is 4.79 Å². The average Bonchev–Trinajstić information content (AvgIpc) is 2.29. The minimum absolute atomic E-state index is 0.0891. The maximum atomic E-state index is 11.6. The first-order valence-electron chi connectivity index (χ1n) is 5.15. The lowest BCUT2D eigenvalue weighted by Gasteiger charge is -2.09. The summed E-state index contributed by atoms with van der Waals surface area (Å²) in [7, 11) is 0. The largest absolute Gasteiger partial charge is 0.493 e. The van der Waals surface area contributed by atoms with E-state index in [1.807, 2.05) is 25.1 Å². The Labute approximate surface area is 90.6 Å². The van der Waals surface area contributed by atoms with Crippen molar-refractivity contribution in [1.29, 1.82) is 0 Å². The summed E-state index contributed by atoms with van der Waals surface area (Å²) in [6, 6.07) is 5.69. The van der Waals surface area contributed by atoms with Gasteiger partial charge in [-0.3, -0.25) is 4.79 Å². The molecule has 1 aromatic rings. The van der Waals surface area contributed by atoms with Crippen LogP contribution < -0.4 is 4.74 Å². The molecule has 80 valence electrons. The van der Waals surface area contributed by atoms with Crippen LogP contribution in [0.4, 0.5) is 0 Å². The van der Waals surface area contributed by atoms with Crippen molar-refractivity contribution >= 4 is 5.78 Å². The van der Waals surface area contributed by atoms with Gasteiger partial charge in [0.1, 0.15) is 5.75 Å². The summed E-state index contributed by atoms with van der Waals surface area (Å²) in [5, 5.41) is 0. The first-order valence-corrected chi connectivity index (χ1v) is 5.15. The number of allylic oxidation sites excluding steroid dienone is 1. The van der Waals surface area contributed by atoms with Gasteiger partial charge in [-0.05, 0) is 37.1 Å². The van der Waals surface area contributed by atoms with Gasteiger partial charge in [-0.2, -0.15) is 0 Å². The van der Waals surface area contributed by atoms with Crippen molar-refractivity contribution < 1.29 is 9.53 Å². The molecule has 0 saturated heterocycles. The Balaban J connectivity index is 3.15. The van der Waals surface area contributed by atoms with E-state index in [1.54, 1.807) is 0 Å². The molecule has 1 aromatic carbocycles. The highest BCUT2D eigenvalue weighted by atomic mass is 16.5. The highest BCUT2D eigenvalue weighted by Gasteiger charge is 2.09. The summed E-state index contributed by atoms with van der Waals surface area (Å²) < 4.78 is 5.39. The fraction of sp³-hybridized carbons (Fsp3) is 0.308. The minimum atomic E-state index is -0.0891. The number of ketones is 1. The number of rotatable bonds is 5. The van der Waals surface area contributed by atoms with Crippen LogP contribution in [0, 0.1) is 0 Å². The lowest BCUT2D eigenvalue weighted by molar-refractivity contribution is 0.104. The van der Waals surface area contributed by atoms with Gasteiger partial charge in [-0.1, -0.05) is 19.6 Å². The number of hydrogen-bond acceptors (Lipinski definition) is 2. The lowest BCUT2D eigenvalue weighted by Crippen LogP contribution is -2.02. The Morgan fingerprint density at radius 2 is 2.20 bits per heavy atom. The van der Waals surface area contributed by atoms with E-state index in [-0.39, 0.29) is 5.78 Å². The van der Waals surface area contributed by atoms with Crippen LogP contribution in [0.25, 0.3) is 0 Å². The molecule has 2 nitrogen and oxygen atoms in total. The lowest BCUT2D eigenvalue weighted by atomic mass is 10.0. The van der Waals surface area contributed by atoms with E-state index in [1.165, 1.54) is 6.08 Å². The molecular formula is C13H16O2. The molecule has 0 aliphatic heterocycles. The monoisotopic (exact) mass is 204 g/mol. The number of benzene rings is 1. The Morgan fingerprint density at radius 1 is 1.47 bits per heavy atom. The van der Waals surface area contributed by atoms with E-state index in [4.69, 9.17) is 4.74 Å². The number of carbonyl (C=O) groups excluding carboxylic acids is 1. The summed E-state index contributed by atoms with van der Waals surface area (Å²) in [5.74, 6) is 0.549. The zero-order valence-corrected chi connectivity index (χ0v) is 9.25. The van der Waals surface area contributed by atoms with E-state index >= 15 is 0 Å². The van der Waals surface area contributed by atoms with Crippen molar-refractivity contribution in [2.45, 2.75) is 20.3 Å². The van der Waals surface area contributed by atoms with Crippen molar-refractivity contribution in [1.82, 2.24) is 0 Å². The van der Waals surface area contributed by atoms with Crippen molar-refractivity contribution in [2.24, 2.45) is 0 Å². The molecule has 0 bridgehead atoms. The number of ether oxygens (including phenoxy) is 1. The van der Waals surface area contributed by atoms with Crippen molar-refractivity contribution in [3.63, 3.8) is 0 Å². The Bertz CT molecular complexity index is 367. The Hall–Kier alpha value is -1.57. The second kappa shape index (κ2) is 5.35. The molecule has 0 aliphatic rings. The van der Waals surface area contributed by atoms with E-state index in [0.717, 1.165) is 12.0 Å². The van der Waals surface area contributed by atoms with Crippen LogP contribution in [-0.4, -0.2) is 12.4 Å². The van der Waals surface area contributed by atoms with Crippen LogP contribution in [0.2, 0.25) is 0 Å². The van der Waals surface area contributed by atoms with Crippen LogP contribution in [-0.2, 0) is 6.42 Å². The number of aryl methyl sites for hydroxylation is 1. The molecule has 2 heteroatoms. The average molecular weight is 204 g/mol. The third-order valence-electron chi connectivity index (χ3n) is 2.20. The fourth-order valence-electron chi connectivity index (χ4n) is 1.38. The van der Waals surface area contributed by atoms with E-state index in [0.29, 0.717) is 17.9 Å². The van der Waals surface area contributed by atoms with Gasteiger partial charge in [-0.25, -0.2) is 0 Å². The molecule has 0 radical (unpaired) electrons. The third kappa shape index (κ3) is 2.69. The molecule has 1 rings (SSSR count). The Morgan fingerprint density at radius 3 is 2.73 bits per heavy atom. The van der Waals surface area contributed by atoms with Gasteiger partial charge < -0.3 is 4.74 Å². The van der Waals surface area contributed by atoms with Crippen molar-refractivity contribution in [3.05, 3.63) is 42.0 Å². The number of hydrogen-bond donors (Lipinski definition) is 0. The van der Waals surface area contributed by atoms with Crippen LogP contribution in [0.5, 0.6) is 5.75 Å². The van der Waals surface area contributed by atoms with Gasteiger partial charge in [0.2, 0.25) is 0 Å². The quantitative estimate of drug-likeness (QED) is 0.544. The zero-order chi connectivity index (χ0) is 11.3. The first-order chi connectivity index (χ1) is 7.22. The molecule has 0 heterocycles. The minimum Gasteiger partial charge on any atom is -0.493 e. The normalized spacial score (nSPS) is 9.73. The van der Waals surface area contributed by atoms with E-state index < -0.39 is 0 Å². The molecule has 0 spiro atoms. The predicted molar refractivity (Wildman–Crippen MR) is 61.5 cm³/mol. The highest BCUT2D eigenvalue weighted by Crippen LogP contribution is 2.21. The van der Waals surface area contributed by atoms with Gasteiger partial charge in [-0.15, -0.1) is 0 Å². The summed E-state index contributed by atoms with van der Waals surface area (Å²) in [6.45, 7) is 8.00. The highest BCUT2D eigenvalue weighted by molar-refractivity contribution is 6.06. The molecule has 0 atom stereocenters. The third-order valence-corrected chi connectivity index (χ3v) is 2.20. The van der Waals surface area contributed by atoms with Crippen molar-refractivity contribution in [2.75, 3.05) is 6.61 Å². The molecule has 0 aliphatic carbocycles. The molecular weight excluding hydrogens is 188 g/mol. The molecule has 0 N–H and O–H groups in total. The zero-order valence-electron chi connectivity index (χ0n) is 9.25. The van der Waals surface area contributed by atoms with Gasteiger partial charge in [0, 0.05) is 0 Å². The standard InChI is InChI=1S/C13H16O2/c1-4-10-7-8-13(15-6-3)11(9-10)12(14)5-2/h5,7-9H,2,4,6H2,1,3H3. The second-order valence-corrected chi connectivity index (χ2v) is 3.19. The predicted octanol–water partition coefficient (Wildman–Crippen LogP) is 3.02. The topological polar surface area (TPSA) is 26.3 Å². The molecule has 15 heavy (non-hydrogen) atoms. The smallest absolute Gasteiger partial charge is 0.188 e. The SMILES string of the molecule is C=CC(=O)c1cc(CC)ccc1OCC. The van der Waals surface area contributed by atoms with Gasteiger partial charge in [0.15, 0.2) is 5.78 Å². The fourth-order valence-corrected chi connectivity index (χ4v) is 1.38. The molecule has 0 fully saturated rings. The molecule has 0 unspecified atom stereocenters. The van der Waals surface area contributed by atoms with Crippen LogP contribution in [0.3, 0.4) is 0 Å². The van der Waals surface area contributed by atoms with Gasteiger partial charge in [0.25, 0.3) is 0 Å². The van der Waals surface area contributed by atoms with Crippen LogP contribution in [0.15, 0.2) is 30.9 Å². The Kier molecular flexibility index (Phi) is 4.10. The molecule has 0 aromatic heterocycles. The van der Waals surface area contributed by atoms with Gasteiger partial charge in [0.05, 0.1) is 12.2 Å². The summed E-state index contributed by atoms with van der Waals surface area (Å²) >= 11 is 0. The van der Waals surface area contributed by atoms with Crippen LogP contribution in [0.1, 0.15) is 29.8 Å². The van der Waals surface area contributed by atoms with Crippen LogP contribution >= 0.6 is 0 Å². The number of carbonyl (C=O) groups is 1. The first kappa shape index (κ1) is 11.5. The molecule has 0 saturated carbocycles. The summed E-state index contributed by atoms with van der Waals surface area (Å²) in [6.07, 6.45) is 2.22.